The van der Waals surface area contributed by atoms with E-state index in [9.17, 15) is 9.59 Å². The van der Waals surface area contributed by atoms with Crippen molar-refractivity contribution in [3.8, 4) is 0 Å². The van der Waals surface area contributed by atoms with E-state index < -0.39 is 11.9 Å². The monoisotopic (exact) mass is 238 g/mol. The van der Waals surface area contributed by atoms with Crippen LogP contribution in [0.15, 0.2) is 0 Å². The van der Waals surface area contributed by atoms with Crippen molar-refractivity contribution >= 4 is 37.2 Å². The zero-order valence-corrected chi connectivity index (χ0v) is 9.38. The zero-order valence-electron chi connectivity index (χ0n) is 7.59. The third-order valence-electron chi connectivity index (χ3n) is 1.65. The number of carbonyl (C=O) groups is 2. The number of aliphatic carboxylic acids is 2. The van der Waals surface area contributed by atoms with Crippen LogP contribution in [0.5, 0.6) is 0 Å². The minimum atomic E-state index is -0.890. The maximum Gasteiger partial charge on any atom is 0.304 e. The van der Waals surface area contributed by atoms with Crippen LogP contribution in [-0.4, -0.2) is 32.7 Å². The highest BCUT2D eigenvalue weighted by Gasteiger charge is 2.13. The molecule has 2 N–H and O–H groups in total. The molecule has 14 heavy (non-hydrogen) atoms. The van der Waals surface area contributed by atoms with E-state index in [1.807, 2.05) is 0 Å². The molecule has 0 aromatic carbocycles. The summed E-state index contributed by atoms with van der Waals surface area (Å²) in [7, 11) is 0. The zero-order chi connectivity index (χ0) is 11.1. The number of rotatable bonds is 7. The Kier molecular flexibility index (Phi) is 6.82. The first-order valence-electron chi connectivity index (χ1n) is 4.21. The molecule has 0 rings (SSSR count). The number of hydrogen-bond donors (Lipinski definition) is 4. The highest BCUT2D eigenvalue weighted by molar-refractivity contribution is 7.81. The van der Waals surface area contributed by atoms with Gasteiger partial charge >= 0.3 is 11.9 Å². The Hall–Kier alpha value is -0.360. The number of hydrogen-bond acceptors (Lipinski definition) is 4. The average molecular weight is 238 g/mol. The van der Waals surface area contributed by atoms with E-state index in [2.05, 4.69) is 25.3 Å². The summed E-state index contributed by atoms with van der Waals surface area (Å²) < 4.78 is 0. The average Bonchev–Trinajstić information content (AvgIpc) is 1.98. The molecule has 0 saturated heterocycles. The highest BCUT2D eigenvalue weighted by Crippen LogP contribution is 2.16. The van der Waals surface area contributed by atoms with Crippen LogP contribution in [-0.2, 0) is 9.59 Å². The van der Waals surface area contributed by atoms with Gasteiger partial charge in [-0.25, -0.2) is 0 Å². The maximum atomic E-state index is 10.3. The summed E-state index contributed by atoms with van der Waals surface area (Å²) in [5, 5.41) is 16.4. The summed E-state index contributed by atoms with van der Waals surface area (Å²) in [6.45, 7) is 0. The number of thiol groups is 2. The van der Waals surface area contributed by atoms with E-state index in [0.717, 1.165) is 0 Å². The minimum absolute atomic E-state index is 0.00329. The fourth-order valence-electron chi connectivity index (χ4n) is 0.992. The second-order valence-corrected chi connectivity index (χ2v) is 4.54. The first-order chi connectivity index (χ1) is 6.41. The lowest BCUT2D eigenvalue weighted by Gasteiger charge is -2.11. The SMILES string of the molecule is O=C(O)CC(S)CCC(S)CC(=O)O. The summed E-state index contributed by atoms with van der Waals surface area (Å²) >= 11 is 8.15. The van der Waals surface area contributed by atoms with Crippen LogP contribution in [0.1, 0.15) is 25.7 Å². The molecule has 0 aliphatic rings. The quantitative estimate of drug-likeness (QED) is 0.505. The highest BCUT2D eigenvalue weighted by atomic mass is 32.1. The van der Waals surface area contributed by atoms with Gasteiger partial charge in [0.25, 0.3) is 0 Å². The summed E-state index contributed by atoms with van der Waals surface area (Å²) in [5.41, 5.74) is 0. The second-order valence-electron chi connectivity index (χ2n) is 3.08. The van der Waals surface area contributed by atoms with Gasteiger partial charge in [0.15, 0.2) is 0 Å². The molecule has 0 radical (unpaired) electrons. The maximum absolute atomic E-state index is 10.3. The van der Waals surface area contributed by atoms with Crippen LogP contribution in [0.25, 0.3) is 0 Å². The van der Waals surface area contributed by atoms with Gasteiger partial charge in [-0.2, -0.15) is 25.3 Å². The van der Waals surface area contributed by atoms with Crippen molar-refractivity contribution in [3.05, 3.63) is 0 Å². The first kappa shape index (κ1) is 13.6. The summed E-state index contributed by atoms with van der Waals surface area (Å²) in [5.74, 6) is -1.78. The van der Waals surface area contributed by atoms with Gasteiger partial charge in [-0.15, -0.1) is 0 Å². The Labute approximate surface area is 93.5 Å². The standard InChI is InChI=1S/C8H14O4S2/c9-7(10)3-5(13)1-2-6(14)4-8(11)12/h5-6,13-14H,1-4H2,(H,9,10)(H,11,12). The Bertz CT molecular complexity index is 186. The molecule has 0 aliphatic carbocycles. The summed E-state index contributed by atoms with van der Waals surface area (Å²) in [4.78, 5) is 20.5. The van der Waals surface area contributed by atoms with Crippen molar-refractivity contribution in [3.63, 3.8) is 0 Å². The van der Waals surface area contributed by atoms with Gasteiger partial charge in [-0.05, 0) is 12.8 Å². The van der Waals surface area contributed by atoms with E-state index in [-0.39, 0.29) is 23.3 Å². The smallest absolute Gasteiger partial charge is 0.304 e. The molecular formula is C8H14O4S2. The Morgan fingerprint density at radius 2 is 1.21 bits per heavy atom. The Morgan fingerprint density at radius 1 is 0.929 bits per heavy atom. The molecule has 0 bridgehead atoms. The molecule has 0 saturated carbocycles. The van der Waals surface area contributed by atoms with Gasteiger partial charge in [0.05, 0.1) is 12.8 Å². The fraction of sp³-hybridized carbons (Fsp3) is 0.750. The van der Waals surface area contributed by atoms with E-state index >= 15 is 0 Å². The third kappa shape index (κ3) is 8.25. The van der Waals surface area contributed by atoms with Crippen LogP contribution < -0.4 is 0 Å². The topological polar surface area (TPSA) is 74.6 Å². The van der Waals surface area contributed by atoms with E-state index in [1.165, 1.54) is 0 Å². The lowest BCUT2D eigenvalue weighted by molar-refractivity contribution is -0.138. The molecule has 0 aromatic heterocycles. The predicted molar refractivity (Wildman–Crippen MR) is 59.3 cm³/mol. The van der Waals surface area contributed by atoms with Crippen LogP contribution in [0.2, 0.25) is 0 Å². The molecule has 0 amide bonds. The van der Waals surface area contributed by atoms with Crippen LogP contribution in [0, 0.1) is 0 Å². The third-order valence-corrected chi connectivity index (χ3v) is 2.54. The molecule has 0 aliphatic heterocycles. The van der Waals surface area contributed by atoms with Crippen molar-refractivity contribution in [1.29, 1.82) is 0 Å². The molecule has 82 valence electrons. The van der Waals surface area contributed by atoms with Crippen molar-refractivity contribution in [2.75, 3.05) is 0 Å². The predicted octanol–water partition coefficient (Wildman–Crippen LogP) is 1.31. The normalized spacial score (nSPS) is 14.7. The van der Waals surface area contributed by atoms with Gasteiger partial charge < -0.3 is 10.2 Å². The number of carboxylic acid groups (broad SMARTS) is 2. The van der Waals surface area contributed by atoms with E-state index in [4.69, 9.17) is 10.2 Å². The van der Waals surface area contributed by atoms with E-state index in [0.29, 0.717) is 12.8 Å². The van der Waals surface area contributed by atoms with Gasteiger partial charge in [0.1, 0.15) is 0 Å². The summed E-state index contributed by atoms with van der Waals surface area (Å²) in [6.07, 6.45) is 1.13. The van der Waals surface area contributed by atoms with Crippen molar-refractivity contribution < 1.29 is 19.8 Å². The lowest BCUT2D eigenvalue weighted by Crippen LogP contribution is -2.12. The largest absolute Gasteiger partial charge is 0.481 e. The molecule has 4 nitrogen and oxygen atoms in total. The molecule has 0 heterocycles. The summed E-state index contributed by atoms with van der Waals surface area (Å²) in [6, 6.07) is 0. The second kappa shape index (κ2) is 7.00. The van der Waals surface area contributed by atoms with Gasteiger partial charge in [0.2, 0.25) is 0 Å². The van der Waals surface area contributed by atoms with E-state index in [1.54, 1.807) is 0 Å². The molecule has 2 unspecified atom stereocenters. The molecule has 0 aromatic rings. The van der Waals surface area contributed by atoms with Crippen molar-refractivity contribution in [2.45, 2.75) is 36.2 Å². The molecular weight excluding hydrogens is 224 g/mol. The lowest BCUT2D eigenvalue weighted by atomic mass is 10.1. The molecule has 0 fully saturated rings. The first-order valence-corrected chi connectivity index (χ1v) is 5.24. The minimum Gasteiger partial charge on any atom is -0.481 e. The van der Waals surface area contributed by atoms with Gasteiger partial charge in [-0.3, -0.25) is 9.59 Å². The fourth-order valence-corrected chi connectivity index (χ4v) is 1.60. The van der Waals surface area contributed by atoms with Crippen molar-refractivity contribution in [1.82, 2.24) is 0 Å². The number of carboxylic acids is 2. The van der Waals surface area contributed by atoms with Gasteiger partial charge in [0, 0.05) is 10.5 Å². The van der Waals surface area contributed by atoms with Crippen LogP contribution in [0.4, 0.5) is 0 Å². The van der Waals surface area contributed by atoms with Crippen molar-refractivity contribution in [2.24, 2.45) is 0 Å². The van der Waals surface area contributed by atoms with Gasteiger partial charge in [-0.1, -0.05) is 0 Å². The molecule has 6 heteroatoms. The molecule has 0 spiro atoms. The molecule has 2 atom stereocenters. The Balaban J connectivity index is 3.60. The van der Waals surface area contributed by atoms with Crippen LogP contribution >= 0.6 is 25.3 Å². The Morgan fingerprint density at radius 3 is 1.43 bits per heavy atom. The van der Waals surface area contributed by atoms with Crippen LogP contribution in [0.3, 0.4) is 0 Å².